The first-order valence-electron chi connectivity index (χ1n) is 7.90. The van der Waals surface area contributed by atoms with Gasteiger partial charge >= 0.3 is 0 Å². The molecule has 4 nitrogen and oxygen atoms in total. The van der Waals surface area contributed by atoms with Crippen molar-refractivity contribution in [2.45, 2.75) is 45.1 Å². The molecule has 0 radical (unpaired) electrons. The second kappa shape index (κ2) is 6.73. The number of nitrogens with one attached hydrogen (secondary N) is 1. The van der Waals surface area contributed by atoms with E-state index in [4.69, 9.17) is 0 Å². The molecular weight excluding hydrogens is 342 g/mol. The first kappa shape index (κ1) is 15.4. The standard InChI is InChI=1S/C17H20BrN3O/c1-2-11-5-3-4-6-14(11)21-17(22)15-8-7-12-9-19-10-13(18)16(12)20-15/h7-11,14H,2-6H2,1H3,(H,21,22). The monoisotopic (exact) mass is 361 g/mol. The minimum atomic E-state index is -0.0732. The molecule has 2 aromatic heterocycles. The molecule has 116 valence electrons. The average molecular weight is 362 g/mol. The summed E-state index contributed by atoms with van der Waals surface area (Å²) in [6.45, 7) is 2.20. The van der Waals surface area contributed by atoms with E-state index < -0.39 is 0 Å². The molecule has 5 heteroatoms. The number of hydrogen-bond donors (Lipinski definition) is 1. The molecule has 3 rings (SSSR count). The molecule has 2 heterocycles. The highest BCUT2D eigenvalue weighted by molar-refractivity contribution is 9.10. The van der Waals surface area contributed by atoms with Crippen LogP contribution in [0.5, 0.6) is 0 Å². The molecule has 2 atom stereocenters. The molecule has 0 saturated heterocycles. The molecule has 1 fully saturated rings. The molecule has 1 saturated carbocycles. The van der Waals surface area contributed by atoms with Gasteiger partial charge in [-0.2, -0.15) is 0 Å². The van der Waals surface area contributed by atoms with Crippen molar-refractivity contribution in [3.8, 4) is 0 Å². The number of fused-ring (bicyclic) bond motifs is 1. The van der Waals surface area contributed by atoms with E-state index in [-0.39, 0.29) is 11.9 Å². The average Bonchev–Trinajstić information content (AvgIpc) is 2.55. The predicted octanol–water partition coefficient (Wildman–Crippen LogP) is 4.09. The molecule has 1 N–H and O–H groups in total. The number of amides is 1. The molecule has 0 bridgehead atoms. The maximum Gasteiger partial charge on any atom is 0.270 e. The van der Waals surface area contributed by atoms with Crippen LogP contribution in [0.3, 0.4) is 0 Å². The van der Waals surface area contributed by atoms with Crippen molar-refractivity contribution >= 4 is 32.7 Å². The van der Waals surface area contributed by atoms with Gasteiger partial charge in [-0.1, -0.05) is 26.2 Å². The quantitative estimate of drug-likeness (QED) is 0.895. The van der Waals surface area contributed by atoms with Crippen molar-refractivity contribution in [3.63, 3.8) is 0 Å². The summed E-state index contributed by atoms with van der Waals surface area (Å²) in [5.41, 5.74) is 1.25. The molecule has 0 aromatic carbocycles. The van der Waals surface area contributed by atoms with Gasteiger partial charge in [0.1, 0.15) is 5.69 Å². The third-order valence-corrected chi connectivity index (χ3v) is 5.12. The maximum atomic E-state index is 12.5. The van der Waals surface area contributed by atoms with Gasteiger partial charge in [-0.05, 0) is 46.8 Å². The topological polar surface area (TPSA) is 54.9 Å². The van der Waals surface area contributed by atoms with Crippen molar-refractivity contribution in [2.75, 3.05) is 0 Å². The fraction of sp³-hybridized carbons (Fsp3) is 0.471. The number of rotatable bonds is 3. The second-order valence-electron chi connectivity index (χ2n) is 5.92. The SMILES string of the molecule is CCC1CCCCC1NC(=O)c1ccc2cncc(Br)c2n1. The molecule has 2 aromatic rings. The van der Waals surface area contributed by atoms with Crippen LogP contribution in [0.25, 0.3) is 10.9 Å². The van der Waals surface area contributed by atoms with E-state index in [0.717, 1.165) is 28.2 Å². The highest BCUT2D eigenvalue weighted by atomic mass is 79.9. The van der Waals surface area contributed by atoms with Crippen molar-refractivity contribution in [1.29, 1.82) is 0 Å². The summed E-state index contributed by atoms with van der Waals surface area (Å²) < 4.78 is 0.809. The van der Waals surface area contributed by atoms with Crippen LogP contribution in [-0.2, 0) is 0 Å². The smallest absolute Gasteiger partial charge is 0.270 e. The van der Waals surface area contributed by atoms with Crippen LogP contribution in [0, 0.1) is 5.92 Å². The molecule has 1 aliphatic rings. The van der Waals surface area contributed by atoms with Crippen LogP contribution in [0.15, 0.2) is 29.0 Å². The van der Waals surface area contributed by atoms with E-state index in [1.165, 1.54) is 19.3 Å². The summed E-state index contributed by atoms with van der Waals surface area (Å²) in [6.07, 6.45) is 9.33. The minimum absolute atomic E-state index is 0.0732. The van der Waals surface area contributed by atoms with Gasteiger partial charge in [-0.25, -0.2) is 4.98 Å². The molecular formula is C17H20BrN3O. The number of pyridine rings is 2. The lowest BCUT2D eigenvalue weighted by Gasteiger charge is -2.31. The molecule has 0 aliphatic heterocycles. The Hall–Kier alpha value is -1.49. The fourth-order valence-electron chi connectivity index (χ4n) is 3.26. The summed E-state index contributed by atoms with van der Waals surface area (Å²) in [7, 11) is 0. The van der Waals surface area contributed by atoms with Crippen LogP contribution in [0.2, 0.25) is 0 Å². The summed E-state index contributed by atoms with van der Waals surface area (Å²) >= 11 is 3.44. The Morgan fingerprint density at radius 1 is 1.32 bits per heavy atom. The van der Waals surface area contributed by atoms with Gasteiger partial charge in [-0.3, -0.25) is 9.78 Å². The number of nitrogens with zero attached hydrogens (tertiary/aromatic N) is 2. The number of hydrogen-bond acceptors (Lipinski definition) is 3. The van der Waals surface area contributed by atoms with Crippen LogP contribution in [0.1, 0.15) is 49.5 Å². The second-order valence-corrected chi connectivity index (χ2v) is 6.78. The van der Waals surface area contributed by atoms with Crippen LogP contribution in [-0.4, -0.2) is 21.9 Å². The van der Waals surface area contributed by atoms with Gasteiger partial charge in [0, 0.05) is 23.8 Å². The minimum Gasteiger partial charge on any atom is -0.348 e. The third kappa shape index (κ3) is 3.14. The maximum absolute atomic E-state index is 12.5. The van der Waals surface area contributed by atoms with E-state index in [2.05, 4.69) is 38.1 Å². The number of halogens is 1. The van der Waals surface area contributed by atoms with Gasteiger partial charge in [0.2, 0.25) is 0 Å². The zero-order chi connectivity index (χ0) is 15.5. The van der Waals surface area contributed by atoms with Crippen LogP contribution >= 0.6 is 15.9 Å². The molecule has 1 amide bonds. The van der Waals surface area contributed by atoms with Gasteiger partial charge in [0.15, 0.2) is 0 Å². The lowest BCUT2D eigenvalue weighted by Crippen LogP contribution is -2.42. The zero-order valence-corrected chi connectivity index (χ0v) is 14.3. The van der Waals surface area contributed by atoms with E-state index in [9.17, 15) is 4.79 Å². The first-order chi connectivity index (χ1) is 10.7. The van der Waals surface area contributed by atoms with Gasteiger partial charge in [0.05, 0.1) is 9.99 Å². The van der Waals surface area contributed by atoms with Crippen molar-refractivity contribution in [1.82, 2.24) is 15.3 Å². The highest BCUT2D eigenvalue weighted by Gasteiger charge is 2.25. The number of carbonyl (C=O) groups excluding carboxylic acids is 1. The summed E-state index contributed by atoms with van der Waals surface area (Å²) in [6, 6.07) is 3.95. The zero-order valence-electron chi connectivity index (χ0n) is 12.7. The Bertz CT molecular complexity index is 689. The predicted molar refractivity (Wildman–Crippen MR) is 90.7 cm³/mol. The van der Waals surface area contributed by atoms with E-state index >= 15 is 0 Å². The van der Waals surface area contributed by atoms with Gasteiger partial charge < -0.3 is 5.32 Å². The fourth-order valence-corrected chi connectivity index (χ4v) is 3.70. The van der Waals surface area contributed by atoms with Crippen LogP contribution in [0.4, 0.5) is 0 Å². The van der Waals surface area contributed by atoms with Gasteiger partial charge in [0.25, 0.3) is 5.91 Å². The van der Waals surface area contributed by atoms with Crippen molar-refractivity contribution in [3.05, 3.63) is 34.7 Å². The summed E-state index contributed by atoms with van der Waals surface area (Å²) in [4.78, 5) is 21.1. The van der Waals surface area contributed by atoms with E-state index in [1.54, 1.807) is 18.5 Å². The molecule has 2 unspecified atom stereocenters. The Balaban J connectivity index is 1.81. The lowest BCUT2D eigenvalue weighted by atomic mass is 9.83. The first-order valence-corrected chi connectivity index (χ1v) is 8.69. The van der Waals surface area contributed by atoms with Gasteiger partial charge in [-0.15, -0.1) is 0 Å². The molecule has 0 spiro atoms. The number of carbonyl (C=O) groups is 1. The summed E-state index contributed by atoms with van der Waals surface area (Å²) in [5.74, 6) is 0.519. The lowest BCUT2D eigenvalue weighted by molar-refractivity contribution is 0.0900. The van der Waals surface area contributed by atoms with E-state index in [0.29, 0.717) is 11.6 Å². The number of aromatic nitrogens is 2. The highest BCUT2D eigenvalue weighted by Crippen LogP contribution is 2.27. The Morgan fingerprint density at radius 2 is 2.14 bits per heavy atom. The Morgan fingerprint density at radius 3 is 2.95 bits per heavy atom. The normalized spacial score (nSPS) is 21.7. The Labute approximate surface area is 138 Å². The molecule has 1 aliphatic carbocycles. The largest absolute Gasteiger partial charge is 0.348 e. The molecule has 22 heavy (non-hydrogen) atoms. The Kier molecular flexibility index (Phi) is 4.71. The third-order valence-electron chi connectivity index (χ3n) is 4.54. The van der Waals surface area contributed by atoms with Crippen molar-refractivity contribution in [2.24, 2.45) is 5.92 Å². The van der Waals surface area contributed by atoms with Crippen molar-refractivity contribution < 1.29 is 4.79 Å². The van der Waals surface area contributed by atoms with E-state index in [1.807, 2.05) is 6.07 Å². The van der Waals surface area contributed by atoms with Crippen LogP contribution < -0.4 is 5.32 Å². The summed E-state index contributed by atoms with van der Waals surface area (Å²) in [5, 5.41) is 4.11.